The summed E-state index contributed by atoms with van der Waals surface area (Å²) in [6, 6.07) is 12.8. The zero-order chi connectivity index (χ0) is 17.1. The minimum atomic E-state index is -0.326. The predicted molar refractivity (Wildman–Crippen MR) is 92.4 cm³/mol. The van der Waals surface area contributed by atoms with Gasteiger partial charge in [0.1, 0.15) is 0 Å². The number of nitrogens with zero attached hydrogens (tertiary/aromatic N) is 2. The van der Waals surface area contributed by atoms with Crippen LogP contribution in [-0.2, 0) is 6.42 Å². The molecule has 1 heterocycles. The Bertz CT molecular complexity index is 872. The fraction of sp³-hybridized carbons (Fsp3) is 0.167. The molecule has 0 bridgehead atoms. The van der Waals surface area contributed by atoms with Crippen LogP contribution in [0.25, 0.3) is 0 Å². The standard InChI is InChI=1S/C18H16ClN3O2/c1-11-3-4-13(9-12(11)2)10-16-21-22-18(24-16)20-17(23)14-5-7-15(19)8-6-14/h3-9H,10H2,1-2H3,(H,20,22,23). The van der Waals surface area contributed by atoms with Gasteiger partial charge < -0.3 is 4.42 Å². The third-order valence-electron chi connectivity index (χ3n) is 3.72. The number of hydrogen-bond acceptors (Lipinski definition) is 4. The van der Waals surface area contributed by atoms with E-state index in [2.05, 4.69) is 41.5 Å². The van der Waals surface area contributed by atoms with Crippen LogP contribution in [0.4, 0.5) is 6.01 Å². The molecule has 24 heavy (non-hydrogen) atoms. The Morgan fingerprint density at radius 2 is 1.83 bits per heavy atom. The number of anilines is 1. The van der Waals surface area contributed by atoms with Crippen molar-refractivity contribution in [3.63, 3.8) is 0 Å². The summed E-state index contributed by atoms with van der Waals surface area (Å²) >= 11 is 5.81. The van der Waals surface area contributed by atoms with Gasteiger partial charge in [0, 0.05) is 10.6 Å². The number of halogens is 1. The van der Waals surface area contributed by atoms with E-state index in [1.54, 1.807) is 24.3 Å². The van der Waals surface area contributed by atoms with Crippen LogP contribution in [0.2, 0.25) is 5.02 Å². The average molecular weight is 342 g/mol. The number of nitrogens with one attached hydrogen (secondary N) is 1. The monoisotopic (exact) mass is 341 g/mol. The van der Waals surface area contributed by atoms with Crippen LogP contribution in [0.1, 0.15) is 32.9 Å². The lowest BCUT2D eigenvalue weighted by atomic mass is 10.0. The second kappa shape index (κ2) is 6.84. The Morgan fingerprint density at radius 3 is 2.54 bits per heavy atom. The summed E-state index contributed by atoms with van der Waals surface area (Å²) in [4.78, 5) is 12.1. The van der Waals surface area contributed by atoms with E-state index in [0.29, 0.717) is 22.9 Å². The molecule has 0 saturated carbocycles. The predicted octanol–water partition coefficient (Wildman–Crippen LogP) is 4.18. The topological polar surface area (TPSA) is 68.0 Å². The van der Waals surface area contributed by atoms with Crippen molar-refractivity contribution in [2.45, 2.75) is 20.3 Å². The Balaban J connectivity index is 1.67. The van der Waals surface area contributed by atoms with Crippen LogP contribution in [0.3, 0.4) is 0 Å². The second-order valence-corrected chi connectivity index (χ2v) is 5.99. The minimum absolute atomic E-state index is 0.0776. The highest BCUT2D eigenvalue weighted by molar-refractivity contribution is 6.30. The lowest BCUT2D eigenvalue weighted by Crippen LogP contribution is -2.11. The average Bonchev–Trinajstić information content (AvgIpc) is 2.98. The van der Waals surface area contributed by atoms with Gasteiger partial charge in [0.25, 0.3) is 5.91 Å². The number of benzene rings is 2. The number of aryl methyl sites for hydroxylation is 2. The lowest BCUT2D eigenvalue weighted by molar-refractivity contribution is 0.102. The summed E-state index contributed by atoms with van der Waals surface area (Å²) in [7, 11) is 0. The van der Waals surface area contributed by atoms with Gasteiger partial charge in [-0.2, -0.15) is 0 Å². The van der Waals surface area contributed by atoms with E-state index in [0.717, 1.165) is 5.56 Å². The summed E-state index contributed by atoms with van der Waals surface area (Å²) in [6.07, 6.45) is 0.519. The first kappa shape index (κ1) is 16.2. The van der Waals surface area contributed by atoms with Crippen molar-refractivity contribution in [1.82, 2.24) is 10.2 Å². The molecule has 0 atom stereocenters. The molecule has 1 aromatic heterocycles. The number of carbonyl (C=O) groups is 1. The van der Waals surface area contributed by atoms with Gasteiger partial charge in [0.15, 0.2) is 0 Å². The third-order valence-corrected chi connectivity index (χ3v) is 3.97. The smallest absolute Gasteiger partial charge is 0.322 e. The lowest BCUT2D eigenvalue weighted by Gasteiger charge is -2.02. The van der Waals surface area contributed by atoms with Crippen LogP contribution in [0.5, 0.6) is 0 Å². The molecule has 2 aromatic carbocycles. The van der Waals surface area contributed by atoms with Crippen molar-refractivity contribution < 1.29 is 9.21 Å². The number of aromatic nitrogens is 2. The molecule has 0 saturated heterocycles. The molecule has 1 amide bonds. The highest BCUT2D eigenvalue weighted by atomic mass is 35.5. The van der Waals surface area contributed by atoms with Crippen molar-refractivity contribution in [1.29, 1.82) is 0 Å². The normalized spacial score (nSPS) is 10.6. The van der Waals surface area contributed by atoms with Crippen molar-refractivity contribution in [2.24, 2.45) is 0 Å². The Morgan fingerprint density at radius 1 is 1.08 bits per heavy atom. The Kier molecular flexibility index (Phi) is 4.62. The molecular weight excluding hydrogens is 326 g/mol. The van der Waals surface area contributed by atoms with Gasteiger partial charge in [-0.25, -0.2) is 0 Å². The summed E-state index contributed by atoms with van der Waals surface area (Å²) in [5.74, 6) is 0.123. The van der Waals surface area contributed by atoms with Crippen molar-refractivity contribution in [3.05, 3.63) is 75.6 Å². The molecular formula is C18H16ClN3O2. The van der Waals surface area contributed by atoms with E-state index in [-0.39, 0.29) is 11.9 Å². The highest BCUT2D eigenvalue weighted by Gasteiger charge is 2.12. The first-order valence-corrected chi connectivity index (χ1v) is 7.84. The maximum absolute atomic E-state index is 12.1. The molecule has 6 heteroatoms. The first-order valence-electron chi connectivity index (χ1n) is 7.47. The van der Waals surface area contributed by atoms with E-state index in [1.807, 2.05) is 6.07 Å². The molecule has 3 rings (SSSR count). The van der Waals surface area contributed by atoms with E-state index in [9.17, 15) is 4.79 Å². The van der Waals surface area contributed by atoms with Crippen LogP contribution in [0.15, 0.2) is 46.9 Å². The molecule has 0 aliphatic carbocycles. The number of hydrogen-bond donors (Lipinski definition) is 1. The fourth-order valence-electron chi connectivity index (χ4n) is 2.23. The van der Waals surface area contributed by atoms with Crippen molar-refractivity contribution >= 4 is 23.5 Å². The van der Waals surface area contributed by atoms with Gasteiger partial charge in [-0.05, 0) is 54.8 Å². The van der Waals surface area contributed by atoms with Crippen LogP contribution in [0, 0.1) is 13.8 Å². The first-order chi connectivity index (χ1) is 11.5. The minimum Gasteiger partial charge on any atom is -0.407 e. The molecule has 3 aromatic rings. The molecule has 5 nitrogen and oxygen atoms in total. The second-order valence-electron chi connectivity index (χ2n) is 5.56. The molecule has 0 aliphatic rings. The van der Waals surface area contributed by atoms with Crippen LogP contribution < -0.4 is 5.32 Å². The van der Waals surface area contributed by atoms with Gasteiger partial charge in [-0.1, -0.05) is 34.9 Å². The van der Waals surface area contributed by atoms with Crippen molar-refractivity contribution in [3.8, 4) is 0 Å². The zero-order valence-electron chi connectivity index (χ0n) is 13.3. The van der Waals surface area contributed by atoms with Crippen molar-refractivity contribution in [2.75, 3.05) is 5.32 Å². The van der Waals surface area contributed by atoms with Gasteiger partial charge in [0.05, 0.1) is 6.42 Å². The maximum Gasteiger partial charge on any atom is 0.322 e. The Hall–Kier alpha value is -2.66. The number of amides is 1. The zero-order valence-corrected chi connectivity index (χ0v) is 14.1. The van der Waals surface area contributed by atoms with E-state index in [4.69, 9.17) is 16.0 Å². The van der Waals surface area contributed by atoms with E-state index >= 15 is 0 Å². The quantitative estimate of drug-likeness (QED) is 0.772. The number of rotatable bonds is 4. The van der Waals surface area contributed by atoms with Crippen LogP contribution in [-0.4, -0.2) is 16.1 Å². The third kappa shape index (κ3) is 3.81. The van der Waals surface area contributed by atoms with Crippen LogP contribution >= 0.6 is 11.6 Å². The van der Waals surface area contributed by atoms with E-state index < -0.39 is 0 Å². The molecule has 1 N–H and O–H groups in total. The highest BCUT2D eigenvalue weighted by Crippen LogP contribution is 2.16. The largest absolute Gasteiger partial charge is 0.407 e. The molecule has 0 unspecified atom stereocenters. The number of carbonyl (C=O) groups excluding carboxylic acids is 1. The maximum atomic E-state index is 12.1. The molecule has 0 fully saturated rings. The summed E-state index contributed by atoms with van der Waals surface area (Å²) in [6.45, 7) is 4.13. The van der Waals surface area contributed by atoms with Gasteiger partial charge in [-0.3, -0.25) is 10.1 Å². The molecule has 0 radical (unpaired) electrons. The summed E-state index contributed by atoms with van der Waals surface area (Å²) in [5.41, 5.74) is 3.99. The Labute approximate surface area is 144 Å². The molecule has 0 spiro atoms. The van der Waals surface area contributed by atoms with Gasteiger partial charge >= 0.3 is 6.01 Å². The molecule has 122 valence electrons. The summed E-state index contributed by atoms with van der Waals surface area (Å²) < 4.78 is 5.49. The molecule has 0 aliphatic heterocycles. The van der Waals surface area contributed by atoms with Gasteiger partial charge in [0.2, 0.25) is 5.89 Å². The fourth-order valence-corrected chi connectivity index (χ4v) is 2.36. The summed E-state index contributed by atoms with van der Waals surface area (Å²) in [5, 5.41) is 11.0. The van der Waals surface area contributed by atoms with E-state index in [1.165, 1.54) is 11.1 Å². The SMILES string of the molecule is Cc1ccc(Cc2nnc(NC(=O)c3ccc(Cl)cc3)o2)cc1C. The van der Waals surface area contributed by atoms with Gasteiger partial charge in [-0.15, -0.1) is 5.10 Å².